The van der Waals surface area contributed by atoms with E-state index in [0.717, 1.165) is 11.7 Å². The highest BCUT2D eigenvalue weighted by molar-refractivity contribution is 7.09. The summed E-state index contributed by atoms with van der Waals surface area (Å²) in [5, 5.41) is 4.07. The van der Waals surface area contributed by atoms with Crippen LogP contribution in [0.5, 0.6) is 0 Å². The van der Waals surface area contributed by atoms with Gasteiger partial charge in [0.2, 0.25) is 5.13 Å². The van der Waals surface area contributed by atoms with Gasteiger partial charge in [-0.2, -0.15) is 4.37 Å². The number of anilines is 1. The van der Waals surface area contributed by atoms with Crippen LogP contribution in [0.4, 0.5) is 5.13 Å². The summed E-state index contributed by atoms with van der Waals surface area (Å²) in [4.78, 5) is 4.05. The van der Waals surface area contributed by atoms with Gasteiger partial charge in [-0.25, -0.2) is 4.98 Å². The Labute approximate surface area is 87.0 Å². The van der Waals surface area contributed by atoms with Crippen LogP contribution in [0.3, 0.4) is 0 Å². The Morgan fingerprint density at radius 1 is 1.29 bits per heavy atom. The molecule has 3 nitrogen and oxygen atoms in total. The highest BCUT2D eigenvalue weighted by Gasteiger charge is 1.95. The van der Waals surface area contributed by atoms with Crippen molar-refractivity contribution < 1.29 is 0 Å². The first-order valence-corrected chi connectivity index (χ1v) is 5.18. The number of hydrogen-bond acceptors (Lipinski definition) is 4. The molecule has 2 rings (SSSR count). The number of nitrogens with zero attached hydrogens (tertiary/aromatic N) is 2. The predicted molar refractivity (Wildman–Crippen MR) is 58.4 cm³/mol. The fourth-order valence-electron chi connectivity index (χ4n) is 1.13. The largest absolute Gasteiger partial charge is 0.356 e. The number of aryl methyl sites for hydroxylation is 1. The maximum atomic E-state index is 4.05. The molecule has 0 fully saturated rings. The van der Waals surface area contributed by atoms with Gasteiger partial charge in [0.15, 0.2) is 0 Å². The van der Waals surface area contributed by atoms with Crippen molar-refractivity contribution in [3.05, 3.63) is 41.7 Å². The fourth-order valence-corrected chi connectivity index (χ4v) is 1.56. The third kappa shape index (κ3) is 2.29. The minimum atomic E-state index is 0.801. The summed E-state index contributed by atoms with van der Waals surface area (Å²) in [5.74, 6) is 0. The minimum Gasteiger partial charge on any atom is -0.356 e. The summed E-state index contributed by atoms with van der Waals surface area (Å²) in [6.07, 6.45) is 1.56. The van der Waals surface area contributed by atoms with Crippen molar-refractivity contribution in [2.24, 2.45) is 0 Å². The van der Waals surface area contributed by atoms with E-state index >= 15 is 0 Å². The van der Waals surface area contributed by atoms with Crippen molar-refractivity contribution >= 4 is 16.7 Å². The van der Waals surface area contributed by atoms with E-state index in [9.17, 15) is 0 Å². The van der Waals surface area contributed by atoms with Crippen molar-refractivity contribution in [1.29, 1.82) is 0 Å². The molecule has 0 saturated heterocycles. The van der Waals surface area contributed by atoms with Crippen LogP contribution >= 0.6 is 11.5 Å². The highest BCUT2D eigenvalue weighted by atomic mass is 32.1. The fraction of sp³-hybridized carbons (Fsp3) is 0.200. The number of nitrogens with one attached hydrogen (secondary N) is 1. The Balaban J connectivity index is 1.95. The van der Waals surface area contributed by atoms with Gasteiger partial charge in [-0.3, -0.25) is 0 Å². The maximum Gasteiger partial charge on any atom is 0.202 e. The molecule has 0 bridgehead atoms. The average Bonchev–Trinajstić information content (AvgIpc) is 2.70. The monoisotopic (exact) mass is 205 g/mol. The molecule has 4 heteroatoms. The van der Waals surface area contributed by atoms with Gasteiger partial charge in [0.1, 0.15) is 6.33 Å². The van der Waals surface area contributed by atoms with Crippen molar-refractivity contribution in [3.8, 4) is 0 Å². The van der Waals surface area contributed by atoms with E-state index in [-0.39, 0.29) is 0 Å². The molecule has 0 unspecified atom stereocenters. The Kier molecular flexibility index (Phi) is 2.74. The lowest BCUT2D eigenvalue weighted by atomic mass is 10.1. The van der Waals surface area contributed by atoms with E-state index < -0.39 is 0 Å². The second-order valence-corrected chi connectivity index (χ2v) is 3.87. The van der Waals surface area contributed by atoms with Crippen LogP contribution in [0, 0.1) is 6.92 Å². The van der Waals surface area contributed by atoms with Crippen molar-refractivity contribution in [2.45, 2.75) is 13.5 Å². The topological polar surface area (TPSA) is 37.8 Å². The lowest BCUT2D eigenvalue weighted by Crippen LogP contribution is -1.98. The number of aromatic nitrogens is 2. The third-order valence-electron chi connectivity index (χ3n) is 1.93. The summed E-state index contributed by atoms with van der Waals surface area (Å²) in [6.45, 7) is 2.89. The smallest absolute Gasteiger partial charge is 0.202 e. The van der Waals surface area contributed by atoms with Gasteiger partial charge in [-0.1, -0.05) is 29.8 Å². The number of rotatable bonds is 3. The van der Waals surface area contributed by atoms with Gasteiger partial charge in [-0.15, -0.1) is 0 Å². The van der Waals surface area contributed by atoms with E-state index in [1.54, 1.807) is 6.33 Å². The Morgan fingerprint density at radius 2 is 2.07 bits per heavy atom. The summed E-state index contributed by atoms with van der Waals surface area (Å²) in [7, 11) is 0. The SMILES string of the molecule is Cc1ccc(CNc2ncns2)cc1. The van der Waals surface area contributed by atoms with E-state index in [1.807, 2.05) is 0 Å². The van der Waals surface area contributed by atoms with Crippen molar-refractivity contribution in [3.63, 3.8) is 0 Å². The molecule has 0 saturated carbocycles. The van der Waals surface area contributed by atoms with Gasteiger partial charge in [-0.05, 0) is 12.5 Å². The molecule has 0 radical (unpaired) electrons. The van der Waals surface area contributed by atoms with Crippen LogP contribution in [0.15, 0.2) is 30.6 Å². The second kappa shape index (κ2) is 4.19. The third-order valence-corrected chi connectivity index (χ3v) is 2.55. The molecule has 0 spiro atoms. The van der Waals surface area contributed by atoms with E-state index in [4.69, 9.17) is 0 Å². The first-order valence-electron chi connectivity index (χ1n) is 4.41. The quantitative estimate of drug-likeness (QED) is 0.836. The minimum absolute atomic E-state index is 0.801. The Bertz CT molecular complexity index is 380. The predicted octanol–water partition coefficient (Wildman–Crippen LogP) is 2.46. The normalized spacial score (nSPS) is 10.1. The molecule has 0 amide bonds. The van der Waals surface area contributed by atoms with E-state index in [0.29, 0.717) is 0 Å². The lowest BCUT2D eigenvalue weighted by molar-refractivity contribution is 1.13. The zero-order valence-electron chi connectivity index (χ0n) is 7.90. The van der Waals surface area contributed by atoms with Gasteiger partial charge in [0.25, 0.3) is 0 Å². The zero-order chi connectivity index (χ0) is 9.80. The summed E-state index contributed by atoms with van der Waals surface area (Å²) in [5.41, 5.74) is 2.54. The van der Waals surface area contributed by atoms with Crippen LogP contribution in [-0.2, 0) is 6.54 Å². The summed E-state index contributed by atoms with van der Waals surface area (Å²) < 4.78 is 3.92. The molecular formula is C10H11N3S. The molecular weight excluding hydrogens is 194 g/mol. The first-order chi connectivity index (χ1) is 6.84. The molecule has 14 heavy (non-hydrogen) atoms. The zero-order valence-corrected chi connectivity index (χ0v) is 8.71. The molecule has 0 atom stereocenters. The van der Waals surface area contributed by atoms with Crippen LogP contribution in [-0.4, -0.2) is 9.36 Å². The molecule has 2 aromatic rings. The number of benzene rings is 1. The molecule has 0 aliphatic heterocycles. The van der Waals surface area contributed by atoms with Gasteiger partial charge in [0.05, 0.1) is 0 Å². The van der Waals surface area contributed by atoms with Crippen molar-refractivity contribution in [2.75, 3.05) is 5.32 Å². The highest BCUT2D eigenvalue weighted by Crippen LogP contribution is 2.09. The van der Waals surface area contributed by atoms with Crippen molar-refractivity contribution in [1.82, 2.24) is 9.36 Å². The molecule has 72 valence electrons. The molecule has 1 aromatic heterocycles. The summed E-state index contributed by atoms with van der Waals surface area (Å²) >= 11 is 1.37. The Hall–Kier alpha value is -1.42. The molecule has 0 aliphatic carbocycles. The average molecular weight is 205 g/mol. The number of hydrogen-bond donors (Lipinski definition) is 1. The molecule has 1 N–H and O–H groups in total. The van der Waals surface area contributed by atoms with E-state index in [1.165, 1.54) is 22.7 Å². The standard InChI is InChI=1S/C10H11N3S/c1-8-2-4-9(5-3-8)6-11-10-12-7-13-14-10/h2-5,7H,6H2,1H3,(H,11,12,13). The molecule has 1 heterocycles. The molecule has 0 aliphatic rings. The second-order valence-electron chi connectivity index (χ2n) is 3.09. The maximum absolute atomic E-state index is 4.05. The Morgan fingerprint density at radius 3 is 2.71 bits per heavy atom. The van der Waals surface area contributed by atoms with Gasteiger partial charge < -0.3 is 5.32 Å². The molecule has 1 aromatic carbocycles. The van der Waals surface area contributed by atoms with E-state index in [2.05, 4.69) is 45.9 Å². The van der Waals surface area contributed by atoms with Crippen LogP contribution < -0.4 is 5.32 Å². The van der Waals surface area contributed by atoms with Gasteiger partial charge >= 0.3 is 0 Å². The first kappa shape index (κ1) is 9.15. The van der Waals surface area contributed by atoms with Crippen LogP contribution in [0.1, 0.15) is 11.1 Å². The lowest BCUT2D eigenvalue weighted by Gasteiger charge is -2.02. The summed E-state index contributed by atoms with van der Waals surface area (Å²) in [6, 6.07) is 8.45. The van der Waals surface area contributed by atoms with Gasteiger partial charge in [0, 0.05) is 18.1 Å². The van der Waals surface area contributed by atoms with Crippen LogP contribution in [0.25, 0.3) is 0 Å². The van der Waals surface area contributed by atoms with Crippen LogP contribution in [0.2, 0.25) is 0 Å².